The van der Waals surface area contributed by atoms with Crippen molar-refractivity contribution in [2.75, 3.05) is 11.9 Å². The quantitative estimate of drug-likeness (QED) is 0.662. The molecule has 150 valence electrons. The van der Waals surface area contributed by atoms with E-state index in [4.69, 9.17) is 27.9 Å². The van der Waals surface area contributed by atoms with Gasteiger partial charge >= 0.3 is 0 Å². The fourth-order valence-electron chi connectivity index (χ4n) is 3.42. The molecule has 0 spiro atoms. The molecule has 0 saturated carbocycles. The highest BCUT2D eigenvalue weighted by molar-refractivity contribution is 6.35. The highest BCUT2D eigenvalue weighted by Crippen LogP contribution is 2.25. The Balaban J connectivity index is 1.51. The second kappa shape index (κ2) is 8.43. The van der Waals surface area contributed by atoms with Crippen LogP contribution in [0.25, 0.3) is 10.9 Å². The Bertz CT molecular complexity index is 1140. The Morgan fingerprint density at radius 2 is 2.00 bits per heavy atom. The van der Waals surface area contributed by atoms with Crippen molar-refractivity contribution in [3.05, 3.63) is 62.6 Å². The number of nitrogens with zero attached hydrogens (tertiary/aromatic N) is 2. The van der Waals surface area contributed by atoms with E-state index in [0.717, 1.165) is 31.5 Å². The molecule has 0 saturated heterocycles. The van der Waals surface area contributed by atoms with Crippen molar-refractivity contribution in [3.8, 4) is 5.75 Å². The van der Waals surface area contributed by atoms with Crippen LogP contribution in [0.15, 0.2) is 41.2 Å². The van der Waals surface area contributed by atoms with Crippen LogP contribution in [0.4, 0.5) is 5.69 Å². The van der Waals surface area contributed by atoms with Crippen LogP contribution in [0.2, 0.25) is 10.0 Å². The fraction of sp³-hybridized carbons (Fsp3) is 0.286. The molecule has 0 aliphatic carbocycles. The van der Waals surface area contributed by atoms with Crippen molar-refractivity contribution in [2.45, 2.75) is 32.2 Å². The van der Waals surface area contributed by atoms with Crippen LogP contribution in [-0.2, 0) is 17.8 Å². The zero-order chi connectivity index (χ0) is 20.4. The molecule has 4 rings (SSSR count). The van der Waals surface area contributed by atoms with Gasteiger partial charge in [-0.15, -0.1) is 0 Å². The second-order valence-electron chi connectivity index (χ2n) is 6.94. The number of aromatic nitrogens is 2. The summed E-state index contributed by atoms with van der Waals surface area (Å²) < 4.78 is 7.33. The van der Waals surface area contributed by atoms with E-state index >= 15 is 0 Å². The number of fused-ring (bicyclic) bond motifs is 2. The van der Waals surface area contributed by atoms with E-state index in [1.807, 2.05) is 0 Å². The maximum absolute atomic E-state index is 12.9. The SMILES string of the molecule is O=C(COc1ccc2nc3n(c(=O)c2c1)CCCCC3)Nc1cc(Cl)ccc1Cl. The molecule has 0 fully saturated rings. The third-order valence-electron chi connectivity index (χ3n) is 4.86. The number of hydrogen-bond acceptors (Lipinski definition) is 4. The summed E-state index contributed by atoms with van der Waals surface area (Å²) in [5.41, 5.74) is 0.995. The summed E-state index contributed by atoms with van der Waals surface area (Å²) in [6.45, 7) is 0.457. The molecule has 2 aromatic carbocycles. The summed E-state index contributed by atoms with van der Waals surface area (Å²) in [5, 5.41) is 4.00. The minimum Gasteiger partial charge on any atom is -0.484 e. The minimum absolute atomic E-state index is 0.0625. The zero-order valence-corrected chi connectivity index (χ0v) is 17.1. The largest absolute Gasteiger partial charge is 0.484 e. The summed E-state index contributed by atoms with van der Waals surface area (Å²) in [5.74, 6) is 0.885. The van der Waals surface area contributed by atoms with E-state index in [1.54, 1.807) is 41.0 Å². The Morgan fingerprint density at radius 3 is 2.86 bits per heavy atom. The molecule has 8 heteroatoms. The summed E-state index contributed by atoms with van der Waals surface area (Å²) in [7, 11) is 0. The van der Waals surface area contributed by atoms with Crippen LogP contribution in [0.5, 0.6) is 5.75 Å². The predicted molar refractivity (Wildman–Crippen MR) is 114 cm³/mol. The standard InChI is InChI=1S/C21H19Cl2N3O3/c22-13-5-7-16(23)18(10-13)25-20(27)12-29-14-6-8-17-15(11-14)21(28)26-9-3-1-2-4-19(26)24-17/h5-8,10-11H,1-4,9,12H2,(H,25,27). The number of anilines is 1. The number of carbonyl (C=O) groups is 1. The van der Waals surface area contributed by atoms with Crippen LogP contribution in [-0.4, -0.2) is 22.1 Å². The molecule has 1 amide bonds. The Hall–Kier alpha value is -2.57. The normalized spacial score (nSPS) is 13.6. The molecule has 29 heavy (non-hydrogen) atoms. The number of aryl methyl sites for hydroxylation is 1. The van der Waals surface area contributed by atoms with Gasteiger partial charge in [0, 0.05) is 18.0 Å². The lowest BCUT2D eigenvalue weighted by Gasteiger charge is -2.12. The van der Waals surface area contributed by atoms with E-state index in [2.05, 4.69) is 10.3 Å². The highest BCUT2D eigenvalue weighted by Gasteiger charge is 2.14. The molecular weight excluding hydrogens is 413 g/mol. The number of carbonyl (C=O) groups excluding carboxylic acids is 1. The third kappa shape index (κ3) is 4.38. The third-order valence-corrected chi connectivity index (χ3v) is 5.42. The maximum Gasteiger partial charge on any atom is 0.262 e. The van der Waals surface area contributed by atoms with E-state index in [9.17, 15) is 9.59 Å². The molecule has 6 nitrogen and oxygen atoms in total. The van der Waals surface area contributed by atoms with Gasteiger partial charge in [0.2, 0.25) is 0 Å². The maximum atomic E-state index is 12.9. The number of ether oxygens (including phenoxy) is 1. The number of nitrogens with one attached hydrogen (secondary N) is 1. The smallest absolute Gasteiger partial charge is 0.262 e. The monoisotopic (exact) mass is 431 g/mol. The van der Waals surface area contributed by atoms with Gasteiger partial charge in [-0.3, -0.25) is 14.2 Å². The second-order valence-corrected chi connectivity index (χ2v) is 7.78. The Morgan fingerprint density at radius 1 is 1.14 bits per heavy atom. The van der Waals surface area contributed by atoms with Crippen molar-refractivity contribution >= 4 is 45.7 Å². The van der Waals surface area contributed by atoms with Crippen molar-refractivity contribution in [1.82, 2.24) is 9.55 Å². The van der Waals surface area contributed by atoms with Crippen LogP contribution in [0, 0.1) is 0 Å². The van der Waals surface area contributed by atoms with Crippen LogP contribution < -0.4 is 15.6 Å². The van der Waals surface area contributed by atoms with Crippen molar-refractivity contribution in [2.24, 2.45) is 0 Å². The first kappa shape index (κ1) is 19.7. The zero-order valence-electron chi connectivity index (χ0n) is 15.6. The topological polar surface area (TPSA) is 73.2 Å². The van der Waals surface area contributed by atoms with Crippen LogP contribution >= 0.6 is 23.2 Å². The van der Waals surface area contributed by atoms with Crippen molar-refractivity contribution in [1.29, 1.82) is 0 Å². The van der Waals surface area contributed by atoms with Gasteiger partial charge in [0.05, 0.1) is 21.6 Å². The minimum atomic E-state index is -0.383. The van der Waals surface area contributed by atoms with Crippen molar-refractivity contribution in [3.63, 3.8) is 0 Å². The van der Waals surface area contributed by atoms with E-state index in [-0.39, 0.29) is 18.1 Å². The van der Waals surface area contributed by atoms with Crippen LogP contribution in [0.3, 0.4) is 0 Å². The molecular formula is C21H19Cl2N3O3. The molecule has 0 atom stereocenters. The van der Waals surface area contributed by atoms with E-state index < -0.39 is 0 Å². The molecule has 1 aliphatic rings. The van der Waals surface area contributed by atoms with Crippen molar-refractivity contribution < 1.29 is 9.53 Å². The Kier molecular flexibility index (Phi) is 5.74. The average Bonchev–Trinajstić information content (AvgIpc) is 2.95. The highest BCUT2D eigenvalue weighted by atomic mass is 35.5. The number of rotatable bonds is 4. The molecule has 0 radical (unpaired) electrons. The summed E-state index contributed by atoms with van der Waals surface area (Å²) in [4.78, 5) is 29.7. The van der Waals surface area contributed by atoms with Gasteiger partial charge in [-0.05, 0) is 49.2 Å². The summed E-state index contributed by atoms with van der Waals surface area (Å²) in [6, 6.07) is 9.91. The van der Waals surface area contributed by atoms with Gasteiger partial charge in [0.25, 0.3) is 11.5 Å². The lowest BCUT2D eigenvalue weighted by molar-refractivity contribution is -0.118. The van der Waals surface area contributed by atoms with Gasteiger partial charge in [0.15, 0.2) is 6.61 Å². The fourth-order valence-corrected chi connectivity index (χ4v) is 3.75. The summed E-state index contributed by atoms with van der Waals surface area (Å²) >= 11 is 12.0. The molecule has 3 aromatic rings. The number of halogens is 2. The molecule has 1 aliphatic heterocycles. The van der Waals surface area contributed by atoms with Gasteiger partial charge in [-0.1, -0.05) is 29.6 Å². The van der Waals surface area contributed by atoms with E-state index in [0.29, 0.717) is 38.9 Å². The first-order valence-electron chi connectivity index (χ1n) is 9.42. The first-order valence-corrected chi connectivity index (χ1v) is 10.2. The average molecular weight is 432 g/mol. The van der Waals surface area contributed by atoms with Crippen LogP contribution in [0.1, 0.15) is 25.1 Å². The molecule has 1 N–H and O–H groups in total. The number of amides is 1. The predicted octanol–water partition coefficient (Wildman–Crippen LogP) is 4.45. The summed E-state index contributed by atoms with van der Waals surface area (Å²) in [6.07, 6.45) is 3.93. The molecule has 0 bridgehead atoms. The lowest BCUT2D eigenvalue weighted by atomic mass is 10.2. The first-order chi connectivity index (χ1) is 14.0. The molecule has 0 unspecified atom stereocenters. The lowest BCUT2D eigenvalue weighted by Crippen LogP contribution is -2.24. The van der Waals surface area contributed by atoms with Gasteiger partial charge in [0.1, 0.15) is 11.6 Å². The molecule has 2 heterocycles. The molecule has 1 aromatic heterocycles. The Labute approximate surface area is 177 Å². The number of hydrogen-bond donors (Lipinski definition) is 1. The number of benzene rings is 2. The van der Waals surface area contributed by atoms with E-state index in [1.165, 1.54) is 0 Å². The van der Waals surface area contributed by atoms with Gasteiger partial charge in [-0.25, -0.2) is 4.98 Å². The van der Waals surface area contributed by atoms with Gasteiger partial charge < -0.3 is 10.1 Å². The van der Waals surface area contributed by atoms with Gasteiger partial charge in [-0.2, -0.15) is 0 Å².